The van der Waals surface area contributed by atoms with Gasteiger partial charge < -0.3 is 19.5 Å². The van der Waals surface area contributed by atoms with E-state index in [1.54, 1.807) is 7.11 Å². The second-order valence-corrected chi connectivity index (χ2v) is 7.17. The minimum absolute atomic E-state index is 0.152. The molecule has 1 spiro atoms. The average molecular weight is 299 g/mol. The molecule has 22 heavy (non-hydrogen) atoms. The first-order valence-corrected chi connectivity index (χ1v) is 8.06. The summed E-state index contributed by atoms with van der Waals surface area (Å²) in [5.41, 5.74) is 2.55. The van der Waals surface area contributed by atoms with Crippen LogP contribution in [0, 0.1) is 5.92 Å². The summed E-state index contributed by atoms with van der Waals surface area (Å²) in [6.45, 7) is 1.03. The lowest BCUT2D eigenvalue weighted by Gasteiger charge is -2.58. The number of hydrogen-bond acceptors (Lipinski definition) is 4. The van der Waals surface area contributed by atoms with Gasteiger partial charge in [-0.05, 0) is 44.1 Å². The molecule has 116 valence electrons. The zero-order valence-electron chi connectivity index (χ0n) is 13.0. The number of ether oxygens (including phenoxy) is 2. The maximum atomic E-state index is 11.0. The van der Waals surface area contributed by atoms with E-state index in [1.807, 2.05) is 12.1 Å². The molecule has 2 heterocycles. The summed E-state index contributed by atoms with van der Waals surface area (Å²) >= 11 is 0. The summed E-state index contributed by atoms with van der Waals surface area (Å²) in [7, 11) is 3.77. The van der Waals surface area contributed by atoms with Crippen LogP contribution in [0.15, 0.2) is 30.4 Å². The van der Waals surface area contributed by atoms with Gasteiger partial charge in [0.25, 0.3) is 0 Å². The van der Waals surface area contributed by atoms with Gasteiger partial charge in [0.15, 0.2) is 6.10 Å². The number of likely N-dealkylation sites (N-methyl/N-ethyl adjacent to an activating group) is 1. The molecule has 4 nitrogen and oxygen atoms in total. The van der Waals surface area contributed by atoms with Gasteiger partial charge in [0, 0.05) is 24.6 Å². The fourth-order valence-electron chi connectivity index (χ4n) is 5.41. The number of rotatable bonds is 1. The van der Waals surface area contributed by atoms with Gasteiger partial charge in [-0.2, -0.15) is 0 Å². The third-order valence-electron chi connectivity index (χ3n) is 6.42. The van der Waals surface area contributed by atoms with Crippen LogP contribution in [-0.2, 0) is 16.6 Å². The molecule has 2 aliphatic heterocycles. The van der Waals surface area contributed by atoms with Crippen LogP contribution in [0.2, 0.25) is 0 Å². The van der Waals surface area contributed by atoms with Crippen molar-refractivity contribution in [3.63, 3.8) is 0 Å². The van der Waals surface area contributed by atoms with Crippen LogP contribution < -0.4 is 4.74 Å². The molecule has 0 amide bonds. The zero-order chi connectivity index (χ0) is 15.1. The largest absolute Gasteiger partial charge is 0.483 e. The summed E-state index contributed by atoms with van der Waals surface area (Å²) in [6, 6.07) is 6.80. The van der Waals surface area contributed by atoms with Crippen molar-refractivity contribution in [3.8, 4) is 5.75 Å². The lowest BCUT2D eigenvalue weighted by molar-refractivity contribution is -0.228. The van der Waals surface area contributed by atoms with Crippen molar-refractivity contribution >= 4 is 0 Å². The summed E-state index contributed by atoms with van der Waals surface area (Å²) in [5, 5.41) is 11.0. The van der Waals surface area contributed by atoms with E-state index in [-0.39, 0.29) is 11.5 Å². The van der Waals surface area contributed by atoms with Gasteiger partial charge in [-0.15, -0.1) is 0 Å². The number of hydrogen-bond donors (Lipinski definition) is 1. The molecule has 1 aromatic rings. The van der Waals surface area contributed by atoms with Crippen LogP contribution in [0.25, 0.3) is 0 Å². The molecule has 1 fully saturated rings. The number of benzene rings is 1. The van der Waals surface area contributed by atoms with Crippen LogP contribution in [0.3, 0.4) is 0 Å². The van der Waals surface area contributed by atoms with Gasteiger partial charge in [-0.25, -0.2) is 0 Å². The van der Waals surface area contributed by atoms with Gasteiger partial charge in [0.2, 0.25) is 5.79 Å². The summed E-state index contributed by atoms with van der Waals surface area (Å²) in [6.07, 6.45) is 5.68. The highest BCUT2D eigenvalue weighted by Gasteiger charge is 2.67. The zero-order valence-corrected chi connectivity index (χ0v) is 13.0. The Kier molecular flexibility index (Phi) is 2.35. The van der Waals surface area contributed by atoms with Crippen molar-refractivity contribution < 1.29 is 14.6 Å². The number of likely N-dealkylation sites (tertiary alicyclic amines) is 1. The summed E-state index contributed by atoms with van der Waals surface area (Å²) in [5.74, 6) is -0.0255. The van der Waals surface area contributed by atoms with E-state index < -0.39 is 5.79 Å². The molecule has 1 aromatic carbocycles. The fraction of sp³-hybridized carbons (Fsp3) is 0.556. The van der Waals surface area contributed by atoms with Gasteiger partial charge in [-0.3, -0.25) is 0 Å². The number of methoxy groups -OCH3 is 1. The van der Waals surface area contributed by atoms with Gasteiger partial charge in [0.1, 0.15) is 5.75 Å². The van der Waals surface area contributed by atoms with E-state index >= 15 is 0 Å². The van der Waals surface area contributed by atoms with Gasteiger partial charge in [-0.1, -0.05) is 18.2 Å². The first-order valence-electron chi connectivity index (χ1n) is 8.06. The van der Waals surface area contributed by atoms with Crippen molar-refractivity contribution in [2.45, 2.75) is 36.2 Å². The number of nitrogens with zero attached hydrogens (tertiary/aromatic N) is 1. The van der Waals surface area contributed by atoms with Crippen molar-refractivity contribution in [2.24, 2.45) is 5.92 Å². The second kappa shape index (κ2) is 3.94. The molecule has 0 aromatic heterocycles. The summed E-state index contributed by atoms with van der Waals surface area (Å²) in [4.78, 5) is 2.46. The Bertz CT molecular complexity index is 687. The monoisotopic (exact) mass is 299 g/mol. The first-order chi connectivity index (χ1) is 10.6. The fourth-order valence-corrected chi connectivity index (χ4v) is 5.41. The Morgan fingerprint density at radius 1 is 1.41 bits per heavy atom. The van der Waals surface area contributed by atoms with Crippen molar-refractivity contribution in [3.05, 3.63) is 41.5 Å². The topological polar surface area (TPSA) is 41.9 Å². The van der Waals surface area contributed by atoms with E-state index in [4.69, 9.17) is 9.47 Å². The first kappa shape index (κ1) is 13.1. The molecule has 0 unspecified atom stereocenters. The highest BCUT2D eigenvalue weighted by atomic mass is 16.6. The Morgan fingerprint density at radius 2 is 2.27 bits per heavy atom. The predicted octanol–water partition coefficient (Wildman–Crippen LogP) is 1.47. The molecule has 4 aliphatic rings. The molecular weight excluding hydrogens is 278 g/mol. The Hall–Kier alpha value is -1.36. The quantitative estimate of drug-likeness (QED) is 0.630. The molecule has 0 saturated carbocycles. The number of aliphatic hydroxyl groups is 1. The molecular formula is C18H21NO3. The Morgan fingerprint density at radius 3 is 3.09 bits per heavy atom. The molecule has 0 radical (unpaired) electrons. The van der Waals surface area contributed by atoms with Gasteiger partial charge >= 0.3 is 0 Å². The molecule has 2 bridgehead atoms. The van der Waals surface area contributed by atoms with Crippen LogP contribution in [0.4, 0.5) is 0 Å². The number of piperidine rings is 1. The van der Waals surface area contributed by atoms with Crippen LogP contribution >= 0.6 is 0 Å². The van der Waals surface area contributed by atoms with E-state index in [0.29, 0.717) is 12.0 Å². The maximum absolute atomic E-state index is 11.0. The molecule has 1 saturated heterocycles. The van der Waals surface area contributed by atoms with E-state index in [0.717, 1.165) is 25.1 Å². The van der Waals surface area contributed by atoms with E-state index in [1.165, 1.54) is 11.1 Å². The van der Waals surface area contributed by atoms with Crippen molar-refractivity contribution in [1.82, 2.24) is 4.90 Å². The van der Waals surface area contributed by atoms with Crippen LogP contribution in [0.1, 0.15) is 17.5 Å². The normalized spacial score (nSPS) is 44.6. The standard InChI is InChI=1S/C18H21NO3/c1-19-9-8-17-12-6-7-18(20,21-2)16(17)22-14-5-3-4-11(15(14)17)10-13(12)19/h3-7,12-13,16,20H,8-10H2,1-2H3/t12-,13+,16+,17-,18+/m0/s1. The van der Waals surface area contributed by atoms with E-state index in [9.17, 15) is 5.11 Å². The molecule has 2 aliphatic carbocycles. The highest BCUT2D eigenvalue weighted by Crippen LogP contribution is 2.62. The predicted molar refractivity (Wildman–Crippen MR) is 81.9 cm³/mol. The smallest absolute Gasteiger partial charge is 0.224 e. The summed E-state index contributed by atoms with van der Waals surface area (Å²) < 4.78 is 11.8. The lowest BCUT2D eigenvalue weighted by Crippen LogP contribution is -2.68. The minimum Gasteiger partial charge on any atom is -0.483 e. The molecule has 1 N–H and O–H groups in total. The molecule has 5 atom stereocenters. The van der Waals surface area contributed by atoms with Crippen LogP contribution in [0.5, 0.6) is 5.75 Å². The van der Waals surface area contributed by atoms with E-state index in [2.05, 4.69) is 30.2 Å². The van der Waals surface area contributed by atoms with Crippen molar-refractivity contribution in [2.75, 3.05) is 20.7 Å². The second-order valence-electron chi connectivity index (χ2n) is 7.17. The average Bonchev–Trinajstić information content (AvgIpc) is 2.88. The Balaban J connectivity index is 1.82. The van der Waals surface area contributed by atoms with Crippen LogP contribution in [-0.4, -0.2) is 48.6 Å². The third-order valence-corrected chi connectivity index (χ3v) is 6.42. The Labute approximate surface area is 130 Å². The minimum atomic E-state index is -1.34. The molecule has 5 rings (SSSR count). The maximum Gasteiger partial charge on any atom is 0.224 e. The SMILES string of the molecule is CO[C@]1(O)C=C[C@H]2[C@H]3Cc4cccc5c4[C@@]2(CCN3C)[C@H]1O5. The third kappa shape index (κ3) is 1.27. The lowest BCUT2D eigenvalue weighted by atomic mass is 9.53. The van der Waals surface area contributed by atoms with Gasteiger partial charge in [0.05, 0.1) is 5.41 Å². The van der Waals surface area contributed by atoms with Crippen molar-refractivity contribution in [1.29, 1.82) is 0 Å². The molecule has 4 heteroatoms. The highest BCUT2D eigenvalue weighted by molar-refractivity contribution is 5.57.